The zero-order valence-electron chi connectivity index (χ0n) is 10.6. The fourth-order valence-corrected chi connectivity index (χ4v) is 2.22. The Labute approximate surface area is 107 Å². The second-order valence-electron chi connectivity index (χ2n) is 4.06. The Kier molecular flexibility index (Phi) is 5.51. The highest BCUT2D eigenvalue weighted by molar-refractivity contribution is 7.99. The van der Waals surface area contributed by atoms with Crippen LogP contribution in [-0.4, -0.2) is 29.6 Å². The fraction of sp³-hybridized carbons (Fsp3) is 0.462. The number of hydrogen-bond acceptors (Lipinski definition) is 3. The van der Waals surface area contributed by atoms with Crippen molar-refractivity contribution < 1.29 is 4.79 Å². The molecule has 0 radical (unpaired) electrons. The highest BCUT2D eigenvalue weighted by atomic mass is 32.2. The molecular weight excluding hydrogens is 232 g/mol. The molecule has 94 valence electrons. The summed E-state index contributed by atoms with van der Waals surface area (Å²) in [5.41, 5.74) is 6.69. The van der Waals surface area contributed by atoms with Gasteiger partial charge in [-0.15, -0.1) is 11.8 Å². The van der Waals surface area contributed by atoms with Crippen LogP contribution < -0.4 is 5.73 Å². The molecular formula is C13H20N2OS. The molecule has 0 aliphatic heterocycles. The largest absolute Gasteiger partial charge is 0.340 e. The SMILES string of the molecule is CCSc1ccc(CN(C)C(=O)C(C)N)cc1. The van der Waals surface area contributed by atoms with Gasteiger partial charge in [-0.2, -0.15) is 0 Å². The van der Waals surface area contributed by atoms with Gasteiger partial charge in [0.15, 0.2) is 0 Å². The Balaban J connectivity index is 2.60. The van der Waals surface area contributed by atoms with Gasteiger partial charge in [-0.05, 0) is 30.4 Å². The van der Waals surface area contributed by atoms with Crippen molar-refractivity contribution in [2.24, 2.45) is 5.73 Å². The molecule has 0 aromatic heterocycles. The standard InChI is InChI=1S/C13H20N2OS/c1-4-17-12-7-5-11(6-8-12)9-15(3)13(16)10(2)14/h5-8,10H,4,9,14H2,1-3H3. The number of carbonyl (C=O) groups is 1. The Morgan fingerprint density at radius 3 is 2.47 bits per heavy atom. The first-order chi connectivity index (χ1) is 8.04. The average molecular weight is 252 g/mol. The number of thioether (sulfide) groups is 1. The molecule has 4 heteroatoms. The van der Waals surface area contributed by atoms with E-state index in [2.05, 4.69) is 31.2 Å². The predicted octanol–water partition coefficient (Wildman–Crippen LogP) is 2.10. The molecule has 0 aliphatic rings. The molecule has 1 atom stereocenters. The highest BCUT2D eigenvalue weighted by Gasteiger charge is 2.13. The van der Waals surface area contributed by atoms with Crippen LogP contribution in [0.4, 0.5) is 0 Å². The summed E-state index contributed by atoms with van der Waals surface area (Å²) in [4.78, 5) is 14.5. The number of rotatable bonds is 5. The van der Waals surface area contributed by atoms with E-state index in [0.717, 1.165) is 11.3 Å². The lowest BCUT2D eigenvalue weighted by Gasteiger charge is -2.19. The molecule has 1 rings (SSSR count). The average Bonchev–Trinajstić information content (AvgIpc) is 2.30. The Hall–Kier alpha value is -1.00. The molecule has 3 nitrogen and oxygen atoms in total. The number of nitrogens with zero attached hydrogens (tertiary/aromatic N) is 1. The van der Waals surface area contributed by atoms with Crippen LogP contribution in [0, 0.1) is 0 Å². The van der Waals surface area contributed by atoms with E-state index in [0.29, 0.717) is 6.54 Å². The first-order valence-electron chi connectivity index (χ1n) is 5.77. The maximum Gasteiger partial charge on any atom is 0.239 e. The summed E-state index contributed by atoms with van der Waals surface area (Å²) >= 11 is 1.81. The summed E-state index contributed by atoms with van der Waals surface area (Å²) in [6.07, 6.45) is 0. The maximum absolute atomic E-state index is 11.6. The highest BCUT2D eigenvalue weighted by Crippen LogP contribution is 2.18. The third-order valence-corrected chi connectivity index (χ3v) is 3.31. The quantitative estimate of drug-likeness (QED) is 0.816. The van der Waals surface area contributed by atoms with E-state index in [-0.39, 0.29) is 5.91 Å². The predicted molar refractivity (Wildman–Crippen MR) is 73.0 cm³/mol. The van der Waals surface area contributed by atoms with Gasteiger partial charge in [0.2, 0.25) is 5.91 Å². The molecule has 17 heavy (non-hydrogen) atoms. The lowest BCUT2D eigenvalue weighted by molar-refractivity contribution is -0.131. The van der Waals surface area contributed by atoms with E-state index in [1.165, 1.54) is 4.90 Å². The minimum Gasteiger partial charge on any atom is -0.340 e. The van der Waals surface area contributed by atoms with Gasteiger partial charge in [0.25, 0.3) is 0 Å². The van der Waals surface area contributed by atoms with Crippen LogP contribution in [0.1, 0.15) is 19.4 Å². The molecule has 2 N–H and O–H groups in total. The lowest BCUT2D eigenvalue weighted by Crippen LogP contribution is -2.39. The first kappa shape index (κ1) is 14.1. The van der Waals surface area contributed by atoms with E-state index >= 15 is 0 Å². The summed E-state index contributed by atoms with van der Waals surface area (Å²) in [7, 11) is 1.78. The minimum absolute atomic E-state index is 0.0305. The second-order valence-corrected chi connectivity index (χ2v) is 5.40. The summed E-state index contributed by atoms with van der Waals surface area (Å²) in [6, 6.07) is 7.86. The van der Waals surface area contributed by atoms with Crippen LogP contribution in [0.25, 0.3) is 0 Å². The van der Waals surface area contributed by atoms with Crippen molar-refractivity contribution in [1.29, 1.82) is 0 Å². The van der Waals surface area contributed by atoms with Crippen LogP contribution in [0.5, 0.6) is 0 Å². The second kappa shape index (κ2) is 6.67. The topological polar surface area (TPSA) is 46.3 Å². The normalized spacial score (nSPS) is 12.2. The van der Waals surface area contributed by atoms with E-state index in [4.69, 9.17) is 5.73 Å². The first-order valence-corrected chi connectivity index (χ1v) is 6.75. The van der Waals surface area contributed by atoms with Gasteiger partial charge in [0.1, 0.15) is 0 Å². The van der Waals surface area contributed by atoms with Crippen molar-refractivity contribution in [1.82, 2.24) is 4.90 Å². The van der Waals surface area contributed by atoms with Gasteiger partial charge in [0, 0.05) is 18.5 Å². The van der Waals surface area contributed by atoms with Crippen LogP contribution in [0.3, 0.4) is 0 Å². The smallest absolute Gasteiger partial charge is 0.239 e. The molecule has 0 spiro atoms. The molecule has 0 heterocycles. The van der Waals surface area contributed by atoms with Crippen LogP contribution in [-0.2, 0) is 11.3 Å². The van der Waals surface area contributed by atoms with Gasteiger partial charge in [0.05, 0.1) is 6.04 Å². The van der Waals surface area contributed by atoms with Crippen molar-refractivity contribution >= 4 is 17.7 Å². The molecule has 1 amide bonds. The van der Waals surface area contributed by atoms with Gasteiger partial charge in [-0.3, -0.25) is 4.79 Å². The van der Waals surface area contributed by atoms with Crippen molar-refractivity contribution in [2.75, 3.05) is 12.8 Å². The molecule has 0 saturated heterocycles. The maximum atomic E-state index is 11.6. The Morgan fingerprint density at radius 1 is 1.41 bits per heavy atom. The molecule has 1 aromatic rings. The molecule has 0 aliphatic carbocycles. The fourth-order valence-electron chi connectivity index (χ4n) is 1.56. The molecule has 1 aromatic carbocycles. The zero-order chi connectivity index (χ0) is 12.8. The number of hydrogen-bond donors (Lipinski definition) is 1. The number of benzene rings is 1. The van der Waals surface area contributed by atoms with Gasteiger partial charge >= 0.3 is 0 Å². The summed E-state index contributed by atoms with van der Waals surface area (Å²) in [6.45, 7) is 4.45. The lowest BCUT2D eigenvalue weighted by atomic mass is 10.2. The summed E-state index contributed by atoms with van der Waals surface area (Å²) < 4.78 is 0. The zero-order valence-corrected chi connectivity index (χ0v) is 11.5. The molecule has 0 bridgehead atoms. The summed E-state index contributed by atoms with van der Waals surface area (Å²) in [5, 5.41) is 0. The van der Waals surface area contributed by atoms with Crippen molar-refractivity contribution in [3.05, 3.63) is 29.8 Å². The van der Waals surface area contributed by atoms with Gasteiger partial charge < -0.3 is 10.6 Å². The molecule has 0 fully saturated rings. The van der Waals surface area contributed by atoms with Crippen molar-refractivity contribution in [2.45, 2.75) is 31.3 Å². The molecule has 0 saturated carbocycles. The molecule has 1 unspecified atom stereocenters. The van der Waals surface area contributed by atoms with Gasteiger partial charge in [-0.25, -0.2) is 0 Å². The summed E-state index contributed by atoms with van der Waals surface area (Å²) in [5.74, 6) is 1.04. The van der Waals surface area contributed by atoms with E-state index in [1.807, 2.05) is 11.8 Å². The number of nitrogens with two attached hydrogens (primary N) is 1. The third-order valence-electron chi connectivity index (χ3n) is 2.42. The minimum atomic E-state index is -0.435. The van der Waals surface area contributed by atoms with Crippen LogP contribution in [0.2, 0.25) is 0 Å². The van der Waals surface area contributed by atoms with Gasteiger partial charge in [-0.1, -0.05) is 19.1 Å². The van der Waals surface area contributed by atoms with E-state index in [9.17, 15) is 4.79 Å². The Bertz CT molecular complexity index is 362. The number of amides is 1. The van der Waals surface area contributed by atoms with E-state index in [1.54, 1.807) is 18.9 Å². The van der Waals surface area contributed by atoms with Crippen molar-refractivity contribution in [3.8, 4) is 0 Å². The van der Waals surface area contributed by atoms with Crippen LogP contribution >= 0.6 is 11.8 Å². The number of likely N-dealkylation sites (N-methyl/N-ethyl adjacent to an activating group) is 1. The van der Waals surface area contributed by atoms with Crippen LogP contribution in [0.15, 0.2) is 29.2 Å². The third kappa shape index (κ3) is 4.40. The van der Waals surface area contributed by atoms with E-state index < -0.39 is 6.04 Å². The van der Waals surface area contributed by atoms with Crippen molar-refractivity contribution in [3.63, 3.8) is 0 Å². The monoisotopic (exact) mass is 252 g/mol. The number of carbonyl (C=O) groups excluding carboxylic acids is 1. The Morgan fingerprint density at radius 2 is 2.00 bits per heavy atom.